The van der Waals surface area contributed by atoms with Crippen LogP contribution in [0.3, 0.4) is 0 Å². The first-order valence-electron chi connectivity index (χ1n) is 9.21. The minimum Gasteiger partial charge on any atom is -0.356 e. The van der Waals surface area contributed by atoms with Crippen molar-refractivity contribution < 1.29 is 19.2 Å². The fourth-order valence-electron chi connectivity index (χ4n) is 3.03. The van der Waals surface area contributed by atoms with Crippen molar-refractivity contribution in [3.8, 4) is 0 Å². The van der Waals surface area contributed by atoms with Crippen LogP contribution in [-0.2, 0) is 19.2 Å². The molecule has 1 saturated heterocycles. The molecule has 1 heterocycles. The van der Waals surface area contributed by atoms with Crippen molar-refractivity contribution >= 4 is 23.5 Å². The summed E-state index contributed by atoms with van der Waals surface area (Å²) in [5.74, 6) is -0.394. The zero-order chi connectivity index (χ0) is 19.9. The van der Waals surface area contributed by atoms with Crippen LogP contribution in [0.25, 0.3) is 0 Å². The maximum absolute atomic E-state index is 12.5. The van der Waals surface area contributed by atoms with Gasteiger partial charge in [-0.05, 0) is 45.6 Å². The van der Waals surface area contributed by atoms with Gasteiger partial charge in [0.25, 0.3) is 5.91 Å². The number of nitrogens with zero attached hydrogens (tertiary/aromatic N) is 1. The number of carbonyl (C=O) groups excluding carboxylic acids is 4. The van der Waals surface area contributed by atoms with Gasteiger partial charge in [0, 0.05) is 13.5 Å². The van der Waals surface area contributed by atoms with Crippen LogP contribution >= 0.6 is 0 Å². The Morgan fingerprint density at radius 2 is 1.85 bits per heavy atom. The topological polar surface area (TPSA) is 108 Å². The monoisotopic (exact) mass is 368 g/mol. The first kappa shape index (κ1) is 22.1. The van der Waals surface area contributed by atoms with Gasteiger partial charge in [0.1, 0.15) is 0 Å². The third-order valence-electron chi connectivity index (χ3n) is 4.52. The van der Waals surface area contributed by atoms with E-state index in [2.05, 4.69) is 16.0 Å². The minimum absolute atomic E-state index is 0.0858. The molecule has 0 aromatic rings. The second kappa shape index (κ2) is 10.3. The van der Waals surface area contributed by atoms with Crippen molar-refractivity contribution in [3.63, 3.8) is 0 Å². The average molecular weight is 368 g/mol. The number of Topliss-reactive ketones (excluding diaryl/α,β-unsaturated/α-hetero) is 1. The van der Waals surface area contributed by atoms with Gasteiger partial charge < -0.3 is 16.0 Å². The molecule has 1 rings (SSSR count). The summed E-state index contributed by atoms with van der Waals surface area (Å²) in [5, 5.41) is 8.16. The van der Waals surface area contributed by atoms with Crippen LogP contribution in [0.2, 0.25) is 0 Å². The Labute approximate surface area is 155 Å². The third-order valence-corrected chi connectivity index (χ3v) is 4.52. The molecule has 148 valence electrons. The van der Waals surface area contributed by atoms with Gasteiger partial charge in [0.2, 0.25) is 11.8 Å². The molecule has 8 heteroatoms. The Kier molecular flexibility index (Phi) is 8.71. The van der Waals surface area contributed by atoms with Crippen LogP contribution in [0, 0.1) is 5.92 Å². The van der Waals surface area contributed by atoms with Gasteiger partial charge in [-0.2, -0.15) is 0 Å². The van der Waals surface area contributed by atoms with Gasteiger partial charge >= 0.3 is 0 Å². The smallest absolute Gasteiger partial charge is 0.258 e. The van der Waals surface area contributed by atoms with E-state index in [1.807, 2.05) is 13.8 Å². The highest BCUT2D eigenvalue weighted by Crippen LogP contribution is 2.18. The summed E-state index contributed by atoms with van der Waals surface area (Å²) in [4.78, 5) is 49.1. The molecule has 1 unspecified atom stereocenters. The molecular formula is C18H32N4O4. The molecule has 1 aliphatic rings. The van der Waals surface area contributed by atoms with E-state index in [1.165, 1.54) is 13.8 Å². The number of likely N-dealkylation sites (N-methyl/N-ethyl adjacent to an activating group) is 1. The molecular weight excluding hydrogens is 336 g/mol. The van der Waals surface area contributed by atoms with Gasteiger partial charge in [-0.1, -0.05) is 13.8 Å². The van der Waals surface area contributed by atoms with Crippen molar-refractivity contribution in [2.75, 3.05) is 13.6 Å². The Morgan fingerprint density at radius 1 is 1.19 bits per heavy atom. The lowest BCUT2D eigenvalue weighted by Crippen LogP contribution is -2.52. The largest absolute Gasteiger partial charge is 0.356 e. The predicted molar refractivity (Wildman–Crippen MR) is 98.1 cm³/mol. The number of hydrogen-bond donors (Lipinski definition) is 3. The van der Waals surface area contributed by atoms with Gasteiger partial charge in [-0.3, -0.25) is 24.1 Å². The summed E-state index contributed by atoms with van der Waals surface area (Å²) in [6.45, 7) is 7.50. The highest BCUT2D eigenvalue weighted by Gasteiger charge is 2.41. The zero-order valence-corrected chi connectivity index (χ0v) is 16.4. The number of rotatable bonds is 10. The molecule has 3 amide bonds. The Bertz CT molecular complexity index is 535. The molecule has 0 aromatic carbocycles. The quantitative estimate of drug-likeness (QED) is 0.477. The van der Waals surface area contributed by atoms with Crippen molar-refractivity contribution in [1.29, 1.82) is 0 Å². The highest BCUT2D eigenvalue weighted by atomic mass is 16.2. The standard InChI is InChI=1S/C18H32N4O4/c1-11(2)10-15-17(25)21-16(22(15)5)18(26)20-14(12(3)23)8-6-7-9-19-13(4)24/h11,14-16H,6-10H2,1-5H3,(H,19,24)(H,20,26)(H,21,25)/t14-,15-,16?/m0/s1. The van der Waals surface area contributed by atoms with Crippen LogP contribution in [0.1, 0.15) is 53.4 Å². The molecule has 1 aliphatic heterocycles. The number of amides is 3. The van der Waals surface area contributed by atoms with Crippen LogP contribution in [-0.4, -0.2) is 60.2 Å². The van der Waals surface area contributed by atoms with E-state index in [9.17, 15) is 19.2 Å². The van der Waals surface area contributed by atoms with E-state index in [0.717, 1.165) is 6.42 Å². The predicted octanol–water partition coefficient (Wildman–Crippen LogP) is 0.169. The molecule has 0 radical (unpaired) electrons. The second-order valence-corrected chi connectivity index (χ2v) is 7.37. The fourth-order valence-corrected chi connectivity index (χ4v) is 3.03. The maximum atomic E-state index is 12.5. The summed E-state index contributed by atoms with van der Waals surface area (Å²) in [7, 11) is 1.74. The highest BCUT2D eigenvalue weighted by molar-refractivity contribution is 5.95. The molecule has 0 aliphatic carbocycles. The second-order valence-electron chi connectivity index (χ2n) is 7.37. The van der Waals surface area contributed by atoms with E-state index < -0.39 is 12.2 Å². The minimum atomic E-state index is -0.757. The van der Waals surface area contributed by atoms with Crippen molar-refractivity contribution in [2.24, 2.45) is 5.92 Å². The number of nitrogens with one attached hydrogen (secondary N) is 3. The normalized spacial score (nSPS) is 21.4. The van der Waals surface area contributed by atoms with Gasteiger partial charge in [-0.25, -0.2) is 0 Å². The average Bonchev–Trinajstić information content (AvgIpc) is 2.80. The van der Waals surface area contributed by atoms with Gasteiger partial charge in [0.15, 0.2) is 11.9 Å². The van der Waals surface area contributed by atoms with Crippen LogP contribution in [0.4, 0.5) is 0 Å². The summed E-state index contributed by atoms with van der Waals surface area (Å²) < 4.78 is 0. The van der Waals surface area contributed by atoms with E-state index in [4.69, 9.17) is 0 Å². The number of hydrogen-bond acceptors (Lipinski definition) is 5. The summed E-state index contributed by atoms with van der Waals surface area (Å²) in [6.07, 6.45) is 1.85. The van der Waals surface area contributed by atoms with E-state index in [-0.39, 0.29) is 29.5 Å². The molecule has 0 aromatic heterocycles. The summed E-state index contributed by atoms with van der Waals surface area (Å²) >= 11 is 0. The lowest BCUT2D eigenvalue weighted by atomic mass is 10.0. The molecule has 3 atom stereocenters. The van der Waals surface area contributed by atoms with E-state index in [1.54, 1.807) is 11.9 Å². The number of unbranched alkanes of at least 4 members (excludes halogenated alkanes) is 1. The molecule has 0 bridgehead atoms. The lowest BCUT2D eigenvalue weighted by molar-refractivity contribution is -0.130. The number of carbonyl (C=O) groups is 4. The molecule has 1 fully saturated rings. The van der Waals surface area contributed by atoms with Crippen molar-refractivity contribution in [3.05, 3.63) is 0 Å². The third kappa shape index (κ3) is 6.74. The Hall–Kier alpha value is -1.96. The molecule has 0 saturated carbocycles. The first-order valence-corrected chi connectivity index (χ1v) is 9.21. The maximum Gasteiger partial charge on any atom is 0.258 e. The fraction of sp³-hybridized carbons (Fsp3) is 0.778. The lowest BCUT2D eigenvalue weighted by Gasteiger charge is -2.25. The van der Waals surface area contributed by atoms with Crippen molar-refractivity contribution in [1.82, 2.24) is 20.9 Å². The molecule has 26 heavy (non-hydrogen) atoms. The molecule has 0 spiro atoms. The van der Waals surface area contributed by atoms with Gasteiger partial charge in [0.05, 0.1) is 12.1 Å². The van der Waals surface area contributed by atoms with Crippen LogP contribution < -0.4 is 16.0 Å². The Morgan fingerprint density at radius 3 is 2.38 bits per heavy atom. The van der Waals surface area contributed by atoms with Gasteiger partial charge in [-0.15, -0.1) is 0 Å². The first-order chi connectivity index (χ1) is 12.1. The molecule has 3 N–H and O–H groups in total. The van der Waals surface area contributed by atoms with Crippen LogP contribution in [0.5, 0.6) is 0 Å². The van der Waals surface area contributed by atoms with E-state index >= 15 is 0 Å². The SMILES string of the molecule is CC(=O)NCCCC[C@H](NC(=O)C1NC(=O)[C@H](CC(C)C)N1C)C(C)=O. The van der Waals surface area contributed by atoms with Crippen LogP contribution in [0.15, 0.2) is 0 Å². The zero-order valence-electron chi connectivity index (χ0n) is 16.4. The van der Waals surface area contributed by atoms with Crippen molar-refractivity contribution in [2.45, 2.75) is 71.6 Å². The van der Waals surface area contributed by atoms with E-state index in [0.29, 0.717) is 31.7 Å². The Balaban J connectivity index is 2.55. The molecule has 8 nitrogen and oxygen atoms in total. The summed E-state index contributed by atoms with van der Waals surface area (Å²) in [5.41, 5.74) is 0. The number of ketones is 1. The summed E-state index contributed by atoms with van der Waals surface area (Å²) in [6, 6.07) is -0.923.